The number of halogens is 2. The van der Waals surface area contributed by atoms with Crippen molar-refractivity contribution in [1.29, 1.82) is 0 Å². The third-order valence-corrected chi connectivity index (χ3v) is 8.92. The fraction of sp³-hybridized carbons (Fsp3) is 0.263. The van der Waals surface area contributed by atoms with Gasteiger partial charge in [0.15, 0.2) is 0 Å². The number of aryl methyl sites for hydroxylation is 1. The molecule has 0 aliphatic carbocycles. The van der Waals surface area contributed by atoms with Crippen LogP contribution in [0.5, 0.6) is 0 Å². The number of sulfonamides is 1. The van der Waals surface area contributed by atoms with Crippen LogP contribution in [-0.4, -0.2) is 23.8 Å². The smallest absolute Gasteiger partial charge is 0.253 e. The maximum Gasteiger partial charge on any atom is 0.253 e. The summed E-state index contributed by atoms with van der Waals surface area (Å²) in [6.45, 7) is 3.01. The highest BCUT2D eigenvalue weighted by molar-refractivity contribution is 7.91. The molecule has 8 heteroatoms. The van der Waals surface area contributed by atoms with Crippen LogP contribution in [-0.2, 0) is 23.0 Å². The molecule has 0 spiro atoms. The van der Waals surface area contributed by atoms with Gasteiger partial charge < -0.3 is 4.57 Å². The summed E-state index contributed by atoms with van der Waals surface area (Å²) in [5.74, 6) is 0. The minimum Gasteiger partial charge on any atom is -0.348 e. The third-order valence-electron chi connectivity index (χ3n) is 4.80. The Kier molecular flexibility index (Phi) is 5.12. The first kappa shape index (κ1) is 19.0. The minimum absolute atomic E-state index is 0.370. The van der Waals surface area contributed by atoms with Crippen molar-refractivity contribution in [3.8, 4) is 0 Å². The Hall–Kier alpha value is -1.31. The lowest BCUT2D eigenvalue weighted by Gasteiger charge is -2.36. The van der Waals surface area contributed by atoms with E-state index in [0.29, 0.717) is 27.3 Å². The second-order valence-electron chi connectivity index (χ2n) is 6.38. The van der Waals surface area contributed by atoms with Crippen LogP contribution in [0, 0.1) is 0 Å². The van der Waals surface area contributed by atoms with Crippen molar-refractivity contribution in [2.24, 2.45) is 0 Å². The zero-order valence-corrected chi connectivity index (χ0v) is 17.7. The Labute approximate surface area is 173 Å². The number of fused-ring (bicyclic) bond motifs is 1. The first-order chi connectivity index (χ1) is 12.9. The van der Waals surface area contributed by atoms with Gasteiger partial charge in [-0.25, -0.2) is 8.42 Å². The molecule has 2 aromatic heterocycles. The van der Waals surface area contributed by atoms with Crippen molar-refractivity contribution in [3.05, 3.63) is 74.8 Å². The zero-order valence-electron chi connectivity index (χ0n) is 14.6. The van der Waals surface area contributed by atoms with E-state index in [1.165, 1.54) is 11.3 Å². The molecule has 1 atom stereocenters. The molecule has 3 aromatic rings. The van der Waals surface area contributed by atoms with Crippen molar-refractivity contribution >= 4 is 44.6 Å². The van der Waals surface area contributed by atoms with Gasteiger partial charge in [0, 0.05) is 39.9 Å². The first-order valence-corrected chi connectivity index (χ1v) is 11.6. The van der Waals surface area contributed by atoms with Crippen molar-refractivity contribution < 1.29 is 8.42 Å². The SMILES string of the molecule is CCc1ccc(S(=O)(=O)N2CCn3cccc3C2c2ccc(Cl)cc2Cl)s1. The van der Waals surface area contributed by atoms with Gasteiger partial charge in [0.2, 0.25) is 0 Å². The van der Waals surface area contributed by atoms with Gasteiger partial charge in [0.05, 0.1) is 6.04 Å². The van der Waals surface area contributed by atoms with Crippen molar-refractivity contribution in [2.45, 2.75) is 30.1 Å². The number of aromatic nitrogens is 1. The van der Waals surface area contributed by atoms with E-state index in [-0.39, 0.29) is 0 Å². The van der Waals surface area contributed by atoms with Crippen LogP contribution < -0.4 is 0 Å². The second kappa shape index (κ2) is 7.26. The van der Waals surface area contributed by atoms with E-state index in [0.717, 1.165) is 22.6 Å². The summed E-state index contributed by atoms with van der Waals surface area (Å²) in [6.07, 6.45) is 2.78. The Morgan fingerprint density at radius 1 is 1.15 bits per heavy atom. The maximum absolute atomic E-state index is 13.5. The molecular formula is C19H18Cl2N2O2S2. The molecule has 1 aromatic carbocycles. The fourth-order valence-electron chi connectivity index (χ4n) is 3.46. The fourth-order valence-corrected chi connectivity index (χ4v) is 6.97. The molecule has 0 radical (unpaired) electrons. The summed E-state index contributed by atoms with van der Waals surface area (Å²) in [4.78, 5) is 1.05. The van der Waals surface area contributed by atoms with Crippen LogP contribution in [0.4, 0.5) is 0 Å². The van der Waals surface area contributed by atoms with E-state index in [4.69, 9.17) is 23.2 Å². The lowest BCUT2D eigenvalue weighted by Crippen LogP contribution is -2.42. The predicted molar refractivity (Wildman–Crippen MR) is 110 cm³/mol. The molecule has 0 saturated heterocycles. The normalized spacial score (nSPS) is 17.8. The molecule has 1 unspecified atom stereocenters. The molecule has 1 aliphatic rings. The van der Waals surface area contributed by atoms with Crippen molar-refractivity contribution in [2.75, 3.05) is 6.54 Å². The minimum atomic E-state index is -3.65. The molecular weight excluding hydrogens is 423 g/mol. The quantitative estimate of drug-likeness (QED) is 0.558. The molecule has 27 heavy (non-hydrogen) atoms. The van der Waals surface area contributed by atoms with Gasteiger partial charge in [0.25, 0.3) is 10.0 Å². The highest BCUT2D eigenvalue weighted by Crippen LogP contribution is 2.40. The molecule has 0 N–H and O–H groups in total. The number of rotatable bonds is 4. The first-order valence-electron chi connectivity index (χ1n) is 8.62. The van der Waals surface area contributed by atoms with E-state index in [1.54, 1.807) is 22.5 Å². The third kappa shape index (κ3) is 3.34. The van der Waals surface area contributed by atoms with E-state index in [2.05, 4.69) is 4.57 Å². The van der Waals surface area contributed by atoms with Crippen LogP contribution in [0.15, 0.2) is 52.9 Å². The zero-order chi connectivity index (χ0) is 19.2. The number of hydrogen-bond acceptors (Lipinski definition) is 3. The number of hydrogen-bond donors (Lipinski definition) is 0. The Bertz CT molecular complexity index is 1090. The van der Waals surface area contributed by atoms with Crippen molar-refractivity contribution in [3.63, 3.8) is 0 Å². The Morgan fingerprint density at radius 3 is 2.67 bits per heavy atom. The summed E-state index contributed by atoms with van der Waals surface area (Å²) in [7, 11) is -3.65. The summed E-state index contributed by atoms with van der Waals surface area (Å²) < 4.78 is 30.9. The standard InChI is InChI=1S/C19H18Cl2N2O2S2/c1-2-14-6-8-18(26-14)27(24,25)23-11-10-22-9-3-4-17(22)19(23)15-7-5-13(20)12-16(15)21/h3-9,12,19H,2,10-11H2,1H3. The largest absolute Gasteiger partial charge is 0.348 e. The van der Waals surface area contributed by atoms with E-state index < -0.39 is 16.1 Å². The van der Waals surface area contributed by atoms with Crippen LogP contribution in [0.3, 0.4) is 0 Å². The number of benzene rings is 1. The maximum atomic E-state index is 13.5. The van der Waals surface area contributed by atoms with E-state index >= 15 is 0 Å². The summed E-state index contributed by atoms with van der Waals surface area (Å²) in [5, 5.41) is 0.984. The summed E-state index contributed by atoms with van der Waals surface area (Å²) in [6, 6.07) is 12.2. The molecule has 4 nitrogen and oxygen atoms in total. The lowest BCUT2D eigenvalue weighted by atomic mass is 10.0. The monoisotopic (exact) mass is 440 g/mol. The summed E-state index contributed by atoms with van der Waals surface area (Å²) >= 11 is 13.9. The van der Waals surface area contributed by atoms with Gasteiger partial charge in [-0.3, -0.25) is 0 Å². The summed E-state index contributed by atoms with van der Waals surface area (Å²) in [5.41, 5.74) is 1.64. The average molecular weight is 441 g/mol. The Balaban J connectivity index is 1.86. The topological polar surface area (TPSA) is 42.3 Å². The van der Waals surface area contributed by atoms with Gasteiger partial charge in [0.1, 0.15) is 4.21 Å². The molecule has 0 fully saturated rings. The number of thiophene rings is 1. The van der Waals surface area contributed by atoms with Crippen LogP contribution in [0.25, 0.3) is 0 Å². The molecule has 4 rings (SSSR count). The van der Waals surface area contributed by atoms with Gasteiger partial charge in [-0.05, 0) is 48.4 Å². The van der Waals surface area contributed by atoms with Gasteiger partial charge in [-0.15, -0.1) is 11.3 Å². The second-order valence-corrected chi connectivity index (χ2v) is 10.5. The Morgan fingerprint density at radius 2 is 1.96 bits per heavy atom. The average Bonchev–Trinajstić information content (AvgIpc) is 3.30. The van der Waals surface area contributed by atoms with Crippen LogP contribution in [0.2, 0.25) is 10.0 Å². The number of nitrogens with zero attached hydrogens (tertiary/aromatic N) is 2. The molecule has 3 heterocycles. The highest BCUT2D eigenvalue weighted by Gasteiger charge is 2.39. The molecule has 0 bridgehead atoms. The van der Waals surface area contributed by atoms with E-state index in [1.807, 2.05) is 37.4 Å². The van der Waals surface area contributed by atoms with Crippen molar-refractivity contribution in [1.82, 2.24) is 8.87 Å². The van der Waals surface area contributed by atoms with Gasteiger partial charge in [-0.2, -0.15) is 4.31 Å². The van der Waals surface area contributed by atoms with Gasteiger partial charge >= 0.3 is 0 Å². The highest BCUT2D eigenvalue weighted by atomic mass is 35.5. The van der Waals surface area contributed by atoms with Crippen LogP contribution >= 0.6 is 34.5 Å². The lowest BCUT2D eigenvalue weighted by molar-refractivity contribution is 0.299. The molecule has 0 amide bonds. The van der Waals surface area contributed by atoms with Gasteiger partial charge in [-0.1, -0.05) is 36.2 Å². The van der Waals surface area contributed by atoms with Crippen LogP contribution in [0.1, 0.15) is 29.1 Å². The molecule has 0 saturated carbocycles. The predicted octanol–water partition coefficient (Wildman–Crippen LogP) is 5.21. The molecule has 1 aliphatic heterocycles. The molecule has 142 valence electrons. The van der Waals surface area contributed by atoms with E-state index in [9.17, 15) is 8.42 Å².